The molecule has 0 saturated carbocycles. The predicted molar refractivity (Wildman–Crippen MR) is 90.0 cm³/mol. The van der Waals surface area contributed by atoms with Crippen molar-refractivity contribution >= 4 is 29.1 Å². The van der Waals surface area contributed by atoms with Crippen LogP contribution in [0.2, 0.25) is 10.0 Å². The first kappa shape index (κ1) is 17.5. The van der Waals surface area contributed by atoms with Crippen LogP contribution in [0.4, 0.5) is 0 Å². The Kier molecular flexibility index (Phi) is 6.92. The molecule has 0 bridgehead atoms. The van der Waals surface area contributed by atoms with Gasteiger partial charge in [-0.15, -0.1) is 0 Å². The molecular weight excluding hydrogens is 323 g/mol. The Balaban J connectivity index is 1.96. The van der Waals surface area contributed by atoms with Crippen molar-refractivity contribution in [3.05, 3.63) is 33.8 Å². The van der Waals surface area contributed by atoms with Gasteiger partial charge < -0.3 is 5.32 Å². The molecule has 1 aromatic rings. The number of hydrogen-bond acceptors (Lipinski definition) is 4. The van der Waals surface area contributed by atoms with E-state index in [4.69, 9.17) is 23.2 Å². The number of carbonyl (C=O) groups excluding carboxylic acids is 1. The molecular formula is C15H22Cl2N4O. The second-order valence-corrected chi connectivity index (χ2v) is 6.35. The monoisotopic (exact) mass is 344 g/mol. The van der Waals surface area contributed by atoms with Crippen molar-refractivity contribution in [3.8, 4) is 0 Å². The van der Waals surface area contributed by atoms with Crippen LogP contribution < -0.4 is 16.2 Å². The van der Waals surface area contributed by atoms with E-state index < -0.39 is 0 Å². The minimum absolute atomic E-state index is 0.00914. The lowest BCUT2D eigenvalue weighted by molar-refractivity contribution is -0.119. The number of nitrogens with one attached hydrogen (secondary N) is 3. The molecule has 122 valence electrons. The minimum atomic E-state index is -0.00914. The number of hydrazine groups is 1. The summed E-state index contributed by atoms with van der Waals surface area (Å²) in [5, 5.41) is 4.15. The molecule has 0 spiro atoms. The normalized spacial score (nSPS) is 17.9. The van der Waals surface area contributed by atoms with Crippen LogP contribution in [0.5, 0.6) is 0 Å². The van der Waals surface area contributed by atoms with E-state index in [1.807, 2.05) is 12.1 Å². The lowest BCUT2D eigenvalue weighted by Gasteiger charge is -2.26. The number of hydrogen-bond donors (Lipinski definition) is 3. The fourth-order valence-corrected chi connectivity index (χ4v) is 2.97. The summed E-state index contributed by atoms with van der Waals surface area (Å²) in [7, 11) is 0. The van der Waals surface area contributed by atoms with Crippen LogP contribution in [-0.4, -0.2) is 43.0 Å². The molecule has 0 radical (unpaired) electrons. The fraction of sp³-hybridized carbons (Fsp3) is 0.533. The molecule has 7 heteroatoms. The van der Waals surface area contributed by atoms with Gasteiger partial charge in [0.1, 0.15) is 0 Å². The van der Waals surface area contributed by atoms with Crippen molar-refractivity contribution in [2.45, 2.75) is 25.9 Å². The van der Waals surface area contributed by atoms with E-state index in [2.05, 4.69) is 21.1 Å². The van der Waals surface area contributed by atoms with Gasteiger partial charge in [0.25, 0.3) is 0 Å². The molecule has 5 nitrogen and oxygen atoms in total. The van der Waals surface area contributed by atoms with Gasteiger partial charge in [-0.25, -0.2) is 0 Å². The van der Waals surface area contributed by atoms with Gasteiger partial charge in [-0.1, -0.05) is 29.3 Å². The Hall–Kier alpha value is -0.850. The minimum Gasteiger partial charge on any atom is -0.355 e. The third kappa shape index (κ3) is 5.74. The molecule has 0 aromatic heterocycles. The lowest BCUT2D eigenvalue weighted by Crippen LogP contribution is -2.42. The molecule has 1 atom stereocenters. The summed E-state index contributed by atoms with van der Waals surface area (Å²) in [5.41, 5.74) is 7.45. The summed E-state index contributed by atoms with van der Waals surface area (Å²) in [6.45, 7) is 5.53. The zero-order chi connectivity index (χ0) is 15.9. The highest BCUT2D eigenvalue weighted by Crippen LogP contribution is 2.22. The Morgan fingerprint density at radius 2 is 2.27 bits per heavy atom. The molecule has 2 rings (SSSR count). The van der Waals surface area contributed by atoms with Gasteiger partial charge in [-0.05, 0) is 24.1 Å². The number of amides is 1. The number of halogens is 2. The van der Waals surface area contributed by atoms with E-state index >= 15 is 0 Å². The van der Waals surface area contributed by atoms with Crippen LogP contribution in [0.25, 0.3) is 0 Å². The second-order valence-electron chi connectivity index (χ2n) is 5.51. The van der Waals surface area contributed by atoms with Crippen molar-refractivity contribution in [2.75, 3.05) is 26.2 Å². The van der Waals surface area contributed by atoms with Crippen molar-refractivity contribution < 1.29 is 4.79 Å². The molecule has 1 fully saturated rings. The first-order chi connectivity index (χ1) is 10.5. The molecule has 1 unspecified atom stereocenters. The lowest BCUT2D eigenvalue weighted by atomic mass is 10.1. The van der Waals surface area contributed by atoms with Crippen molar-refractivity contribution in [2.24, 2.45) is 0 Å². The molecule has 1 saturated heterocycles. The van der Waals surface area contributed by atoms with Crippen LogP contribution in [0.3, 0.4) is 0 Å². The maximum atomic E-state index is 11.0. The largest absolute Gasteiger partial charge is 0.355 e. The molecule has 1 aliphatic rings. The number of carbonyl (C=O) groups is 1. The highest BCUT2D eigenvalue weighted by atomic mass is 35.5. The van der Waals surface area contributed by atoms with Crippen LogP contribution in [0.1, 0.15) is 18.9 Å². The third-order valence-electron chi connectivity index (χ3n) is 3.61. The molecule has 0 aliphatic carbocycles. The highest BCUT2D eigenvalue weighted by molar-refractivity contribution is 6.35. The average Bonchev–Trinajstić information content (AvgIpc) is 2.94. The Labute approximate surface area is 141 Å². The van der Waals surface area contributed by atoms with E-state index in [1.54, 1.807) is 6.07 Å². The molecule has 1 aromatic carbocycles. The summed E-state index contributed by atoms with van der Waals surface area (Å²) >= 11 is 12.2. The van der Waals surface area contributed by atoms with Gasteiger partial charge in [0.15, 0.2) is 0 Å². The summed E-state index contributed by atoms with van der Waals surface area (Å²) in [6, 6.07) is 5.98. The first-order valence-electron chi connectivity index (χ1n) is 7.43. The van der Waals surface area contributed by atoms with E-state index in [1.165, 1.54) is 6.92 Å². The molecule has 1 aliphatic heterocycles. The van der Waals surface area contributed by atoms with Gasteiger partial charge >= 0.3 is 0 Å². The van der Waals surface area contributed by atoms with Crippen molar-refractivity contribution in [3.63, 3.8) is 0 Å². The maximum Gasteiger partial charge on any atom is 0.216 e. The van der Waals surface area contributed by atoms with Gasteiger partial charge in [-0.3, -0.25) is 20.5 Å². The van der Waals surface area contributed by atoms with E-state index in [0.29, 0.717) is 22.6 Å². The van der Waals surface area contributed by atoms with Crippen molar-refractivity contribution in [1.82, 2.24) is 21.1 Å². The quantitative estimate of drug-likeness (QED) is 0.705. The molecule has 1 amide bonds. The zero-order valence-electron chi connectivity index (χ0n) is 12.7. The summed E-state index contributed by atoms with van der Waals surface area (Å²) in [5.74, 6) is -0.00914. The van der Waals surface area contributed by atoms with Crippen LogP contribution in [-0.2, 0) is 11.3 Å². The zero-order valence-corrected chi connectivity index (χ0v) is 14.2. The topological polar surface area (TPSA) is 56.4 Å². The van der Waals surface area contributed by atoms with Crippen LogP contribution >= 0.6 is 23.2 Å². The van der Waals surface area contributed by atoms with Crippen LogP contribution in [0, 0.1) is 0 Å². The molecule has 1 heterocycles. The summed E-state index contributed by atoms with van der Waals surface area (Å²) in [6.07, 6.45) is 1.09. The van der Waals surface area contributed by atoms with E-state index in [0.717, 1.165) is 38.2 Å². The predicted octanol–water partition coefficient (Wildman–Crippen LogP) is 1.80. The Morgan fingerprint density at radius 1 is 1.45 bits per heavy atom. The molecule has 3 N–H and O–H groups in total. The third-order valence-corrected chi connectivity index (χ3v) is 4.20. The second kappa shape index (κ2) is 8.70. The summed E-state index contributed by atoms with van der Waals surface area (Å²) in [4.78, 5) is 13.3. The van der Waals surface area contributed by atoms with Gasteiger partial charge in [0, 0.05) is 55.7 Å². The molecule has 22 heavy (non-hydrogen) atoms. The smallest absolute Gasteiger partial charge is 0.216 e. The van der Waals surface area contributed by atoms with Gasteiger partial charge in [-0.2, -0.15) is 0 Å². The Morgan fingerprint density at radius 3 is 2.91 bits per heavy atom. The first-order valence-corrected chi connectivity index (χ1v) is 8.19. The average molecular weight is 345 g/mol. The Bertz CT molecular complexity index is 506. The standard InChI is InChI=1S/C15H22Cl2N4O/c1-11(22)18-6-7-21(10-14-4-5-19-20-14)9-12-2-3-13(16)8-15(12)17/h2-3,8,14,19-20H,4-7,9-10H2,1H3,(H,18,22). The summed E-state index contributed by atoms with van der Waals surface area (Å²) < 4.78 is 0. The van der Waals surface area contributed by atoms with Gasteiger partial charge in [0.05, 0.1) is 0 Å². The maximum absolute atomic E-state index is 11.0. The number of rotatable bonds is 7. The van der Waals surface area contributed by atoms with Crippen LogP contribution in [0.15, 0.2) is 18.2 Å². The SMILES string of the molecule is CC(=O)NCCN(Cc1ccc(Cl)cc1Cl)CC1CCNN1. The van der Waals surface area contributed by atoms with Crippen molar-refractivity contribution in [1.29, 1.82) is 0 Å². The number of nitrogens with zero attached hydrogens (tertiary/aromatic N) is 1. The van der Waals surface area contributed by atoms with E-state index in [-0.39, 0.29) is 5.91 Å². The van der Waals surface area contributed by atoms with E-state index in [9.17, 15) is 4.79 Å². The van der Waals surface area contributed by atoms with Gasteiger partial charge in [0.2, 0.25) is 5.91 Å². The fourth-order valence-electron chi connectivity index (χ4n) is 2.50. The number of benzene rings is 1. The highest BCUT2D eigenvalue weighted by Gasteiger charge is 2.18.